The van der Waals surface area contributed by atoms with Crippen LogP contribution in [0, 0.1) is 5.41 Å². The van der Waals surface area contributed by atoms with Gasteiger partial charge in [-0.1, -0.05) is 11.6 Å². The van der Waals surface area contributed by atoms with Gasteiger partial charge >= 0.3 is 0 Å². The lowest BCUT2D eigenvalue weighted by Gasteiger charge is -2.57. The molecular formula is C18H20ClN3O3S2. The van der Waals surface area contributed by atoms with E-state index in [0.717, 1.165) is 31.2 Å². The van der Waals surface area contributed by atoms with E-state index in [1.165, 1.54) is 9.71 Å². The number of hydrogen-bond donors (Lipinski definition) is 2. The molecule has 144 valence electrons. The highest BCUT2D eigenvalue weighted by Crippen LogP contribution is 2.62. The summed E-state index contributed by atoms with van der Waals surface area (Å²) < 4.78 is 26.4. The molecule has 2 aromatic rings. The fourth-order valence-corrected chi connectivity index (χ4v) is 7.30. The molecule has 1 amide bonds. The van der Waals surface area contributed by atoms with Gasteiger partial charge in [0.05, 0.1) is 21.0 Å². The molecule has 1 atom stereocenters. The van der Waals surface area contributed by atoms with Crippen LogP contribution in [0.15, 0.2) is 18.2 Å². The molecule has 3 aliphatic rings. The van der Waals surface area contributed by atoms with Crippen molar-refractivity contribution in [3.05, 3.63) is 28.2 Å². The lowest BCUT2D eigenvalue weighted by atomic mass is 9.50. The van der Waals surface area contributed by atoms with Crippen LogP contribution in [-0.2, 0) is 14.8 Å². The number of aromatic nitrogens is 1. The summed E-state index contributed by atoms with van der Waals surface area (Å²) in [6.07, 6.45) is 4.54. The first-order chi connectivity index (χ1) is 12.8. The number of sulfonamides is 1. The number of carbonyl (C=O) groups is 1. The molecule has 1 spiro atoms. The molecule has 6 nitrogen and oxygen atoms in total. The molecule has 2 aliphatic carbocycles. The van der Waals surface area contributed by atoms with E-state index in [9.17, 15) is 13.2 Å². The van der Waals surface area contributed by atoms with Crippen molar-refractivity contribution < 1.29 is 13.2 Å². The van der Waals surface area contributed by atoms with E-state index in [2.05, 4.69) is 10.0 Å². The number of nitrogens with zero attached hydrogens (tertiary/aromatic N) is 1. The minimum atomic E-state index is -3.26. The van der Waals surface area contributed by atoms with Gasteiger partial charge in [0, 0.05) is 17.0 Å². The highest BCUT2D eigenvalue weighted by Gasteiger charge is 2.54. The predicted octanol–water partition coefficient (Wildman–Crippen LogP) is 2.78. The van der Waals surface area contributed by atoms with Crippen molar-refractivity contribution in [1.82, 2.24) is 15.0 Å². The Morgan fingerprint density at radius 3 is 2.78 bits per heavy atom. The minimum absolute atomic E-state index is 0.0365. The second kappa shape index (κ2) is 6.14. The molecule has 1 aromatic heterocycles. The third-order valence-electron chi connectivity index (χ3n) is 6.09. The fourth-order valence-electron chi connectivity index (χ4n) is 4.77. The molecular weight excluding hydrogens is 406 g/mol. The summed E-state index contributed by atoms with van der Waals surface area (Å²) in [5, 5.41) is 4.91. The lowest BCUT2D eigenvalue weighted by Crippen LogP contribution is -2.57. The number of benzene rings is 1. The van der Waals surface area contributed by atoms with Crippen molar-refractivity contribution in [3.8, 4) is 0 Å². The molecule has 1 saturated heterocycles. The number of nitrogens with one attached hydrogen (secondary N) is 2. The Balaban J connectivity index is 1.15. The van der Waals surface area contributed by atoms with E-state index >= 15 is 0 Å². The quantitative estimate of drug-likeness (QED) is 0.791. The zero-order chi connectivity index (χ0) is 18.8. The molecule has 27 heavy (non-hydrogen) atoms. The molecule has 2 heterocycles. The van der Waals surface area contributed by atoms with Gasteiger partial charge < -0.3 is 5.32 Å². The largest absolute Gasteiger partial charge is 0.352 e. The van der Waals surface area contributed by atoms with E-state index in [0.29, 0.717) is 22.8 Å². The van der Waals surface area contributed by atoms with Crippen LogP contribution in [0.1, 0.15) is 43.0 Å². The van der Waals surface area contributed by atoms with Crippen LogP contribution in [0.3, 0.4) is 0 Å². The number of hydrogen-bond acceptors (Lipinski definition) is 5. The third-order valence-corrected chi connectivity index (χ3v) is 8.94. The Morgan fingerprint density at radius 2 is 2.07 bits per heavy atom. The number of rotatable bonds is 3. The monoisotopic (exact) mass is 425 g/mol. The second-order valence-corrected chi connectivity index (χ2v) is 11.5. The van der Waals surface area contributed by atoms with Gasteiger partial charge in [-0.2, -0.15) is 0 Å². The van der Waals surface area contributed by atoms with Crippen LogP contribution in [0.4, 0.5) is 0 Å². The van der Waals surface area contributed by atoms with Crippen molar-refractivity contribution in [3.63, 3.8) is 0 Å². The normalized spacial score (nSPS) is 34.3. The van der Waals surface area contributed by atoms with Crippen molar-refractivity contribution in [1.29, 1.82) is 0 Å². The minimum Gasteiger partial charge on any atom is -0.352 e. The highest BCUT2D eigenvalue weighted by atomic mass is 35.5. The number of carbonyl (C=O) groups excluding carboxylic acids is 1. The zero-order valence-electron chi connectivity index (χ0n) is 14.6. The molecule has 5 rings (SSSR count). The molecule has 1 aliphatic heterocycles. The topological polar surface area (TPSA) is 88.2 Å². The maximum atomic E-state index is 12.2. The average Bonchev–Trinajstić information content (AvgIpc) is 3.10. The van der Waals surface area contributed by atoms with E-state index in [1.54, 1.807) is 11.3 Å². The molecule has 2 N–H and O–H groups in total. The third kappa shape index (κ3) is 3.26. The first-order valence-corrected chi connectivity index (χ1v) is 12.0. The number of fused-ring (bicyclic) bond motifs is 1. The first kappa shape index (κ1) is 17.8. The molecule has 1 aromatic carbocycles. The molecule has 0 radical (unpaired) electrons. The Bertz CT molecular complexity index is 1020. The SMILES string of the molecule is O=C(NC1CC2(C1)CC(c1nc3cc(Cl)ccc3s1)C2)C1CCS(=O)(=O)N1. The summed E-state index contributed by atoms with van der Waals surface area (Å²) in [4.78, 5) is 17.0. The van der Waals surface area contributed by atoms with Gasteiger partial charge in [-0.3, -0.25) is 4.79 Å². The number of amides is 1. The van der Waals surface area contributed by atoms with Gasteiger partial charge in [0.25, 0.3) is 0 Å². The van der Waals surface area contributed by atoms with Gasteiger partial charge in [-0.15, -0.1) is 11.3 Å². The average molecular weight is 426 g/mol. The molecule has 9 heteroatoms. The van der Waals surface area contributed by atoms with E-state index in [4.69, 9.17) is 16.6 Å². The van der Waals surface area contributed by atoms with Crippen molar-refractivity contribution in [2.45, 2.75) is 50.1 Å². The molecule has 0 bridgehead atoms. The summed E-state index contributed by atoms with van der Waals surface area (Å²) in [5.74, 6) is 0.351. The van der Waals surface area contributed by atoms with Crippen LogP contribution in [0.2, 0.25) is 5.02 Å². The van der Waals surface area contributed by atoms with E-state index in [1.807, 2.05) is 18.2 Å². The van der Waals surface area contributed by atoms with E-state index < -0.39 is 16.1 Å². The second-order valence-electron chi connectivity index (χ2n) is 8.16. The van der Waals surface area contributed by atoms with Crippen molar-refractivity contribution in [2.75, 3.05) is 5.75 Å². The van der Waals surface area contributed by atoms with Gasteiger partial charge in [-0.25, -0.2) is 18.1 Å². The Hall–Kier alpha value is -1.22. The van der Waals surface area contributed by atoms with Crippen molar-refractivity contribution >= 4 is 49.1 Å². The summed E-state index contributed by atoms with van der Waals surface area (Å²) in [7, 11) is -3.26. The fraction of sp³-hybridized carbons (Fsp3) is 0.556. The molecule has 1 unspecified atom stereocenters. The number of thiazole rings is 1. The van der Waals surface area contributed by atoms with E-state index in [-0.39, 0.29) is 17.7 Å². The molecule has 3 fully saturated rings. The lowest BCUT2D eigenvalue weighted by molar-refractivity contribution is -0.126. The van der Waals surface area contributed by atoms with Crippen LogP contribution < -0.4 is 10.0 Å². The van der Waals surface area contributed by atoms with Crippen molar-refractivity contribution in [2.24, 2.45) is 5.41 Å². The van der Waals surface area contributed by atoms with Gasteiger partial charge in [0.15, 0.2) is 0 Å². The highest BCUT2D eigenvalue weighted by molar-refractivity contribution is 7.89. The maximum absolute atomic E-state index is 12.2. The zero-order valence-corrected chi connectivity index (χ0v) is 17.0. The summed E-state index contributed by atoms with van der Waals surface area (Å²) in [6.45, 7) is 0. The Morgan fingerprint density at radius 1 is 1.30 bits per heavy atom. The smallest absolute Gasteiger partial charge is 0.238 e. The first-order valence-electron chi connectivity index (χ1n) is 9.17. The summed E-state index contributed by atoms with van der Waals surface area (Å²) >= 11 is 7.79. The molecule has 2 saturated carbocycles. The van der Waals surface area contributed by atoms with Gasteiger partial charge in [0.2, 0.25) is 15.9 Å². The van der Waals surface area contributed by atoms with Gasteiger partial charge in [0.1, 0.15) is 6.04 Å². The van der Waals surface area contributed by atoms with Crippen LogP contribution in [0.5, 0.6) is 0 Å². The Labute approximate surface area is 166 Å². The Kier molecular flexibility index (Phi) is 4.06. The van der Waals surface area contributed by atoms with Crippen LogP contribution >= 0.6 is 22.9 Å². The van der Waals surface area contributed by atoms with Gasteiger partial charge in [-0.05, 0) is 55.7 Å². The van der Waals surface area contributed by atoms with Crippen LogP contribution in [0.25, 0.3) is 10.2 Å². The summed E-state index contributed by atoms with van der Waals surface area (Å²) in [6, 6.07) is 5.40. The number of halogens is 1. The predicted molar refractivity (Wildman–Crippen MR) is 106 cm³/mol. The van der Waals surface area contributed by atoms with Crippen LogP contribution in [-0.4, -0.2) is 37.1 Å². The standard InChI is InChI=1S/C18H20ClN3O3S2/c19-11-1-2-15-14(5-11)21-17(26-15)10-6-18(7-10)8-12(9-18)20-16(23)13-3-4-27(24,25)22-13/h1-2,5,10,12-13,22H,3-4,6-9H2,(H,20,23). The summed E-state index contributed by atoms with van der Waals surface area (Å²) in [5.41, 5.74) is 1.30. The maximum Gasteiger partial charge on any atom is 0.238 e.